The number of nitro benzene ring substituents is 1. The van der Waals surface area contributed by atoms with Gasteiger partial charge in [-0.1, -0.05) is 17.7 Å². The fourth-order valence-corrected chi connectivity index (χ4v) is 3.35. The molecule has 1 atom stereocenters. The Kier molecular flexibility index (Phi) is 4.69. The first kappa shape index (κ1) is 15.6. The van der Waals surface area contributed by atoms with E-state index >= 15 is 0 Å². The molecule has 0 aromatic heterocycles. The topological polar surface area (TPSA) is 101 Å². The molecule has 9 heteroatoms. The number of halogens is 1. The molecule has 1 unspecified atom stereocenters. The molecule has 0 spiro atoms. The Morgan fingerprint density at radius 2 is 2.19 bits per heavy atom. The fourth-order valence-electron chi connectivity index (χ4n) is 2.03. The normalized spacial score (nSPS) is 18.3. The highest BCUT2D eigenvalue weighted by Crippen LogP contribution is 2.30. The summed E-state index contributed by atoms with van der Waals surface area (Å²) in [5, 5.41) is 19.7. The van der Waals surface area contributed by atoms with Crippen molar-refractivity contribution in [2.75, 3.05) is 18.1 Å². The Balaban J connectivity index is 2.37. The zero-order chi connectivity index (χ0) is 15.6. The van der Waals surface area contributed by atoms with Gasteiger partial charge in [0.1, 0.15) is 11.1 Å². The molecule has 1 heterocycles. The lowest BCUT2D eigenvalue weighted by Gasteiger charge is -2.32. The Labute approximate surface area is 129 Å². The van der Waals surface area contributed by atoms with E-state index in [2.05, 4.69) is 0 Å². The lowest BCUT2D eigenvalue weighted by Crippen LogP contribution is -2.50. The number of thioether (sulfide) groups is 1. The molecule has 0 radical (unpaired) electrons. The summed E-state index contributed by atoms with van der Waals surface area (Å²) in [7, 11) is 0. The molecule has 1 saturated heterocycles. The number of carboxylic acids is 1. The van der Waals surface area contributed by atoms with Gasteiger partial charge >= 0.3 is 5.97 Å². The van der Waals surface area contributed by atoms with Crippen molar-refractivity contribution in [3.05, 3.63) is 38.9 Å². The first-order valence-electron chi connectivity index (χ1n) is 5.98. The van der Waals surface area contributed by atoms with Crippen molar-refractivity contribution in [2.24, 2.45) is 0 Å². The minimum atomic E-state index is -1.10. The Bertz CT molecular complexity index is 609. The van der Waals surface area contributed by atoms with Crippen LogP contribution in [0.5, 0.6) is 0 Å². The van der Waals surface area contributed by atoms with Crippen LogP contribution in [0.3, 0.4) is 0 Å². The minimum Gasteiger partial charge on any atom is -0.480 e. The van der Waals surface area contributed by atoms with Gasteiger partial charge in [0.25, 0.3) is 11.6 Å². The van der Waals surface area contributed by atoms with E-state index in [-0.39, 0.29) is 28.6 Å². The van der Waals surface area contributed by atoms with Gasteiger partial charge in [0.2, 0.25) is 0 Å². The van der Waals surface area contributed by atoms with Crippen LogP contribution in [0.2, 0.25) is 5.02 Å². The summed E-state index contributed by atoms with van der Waals surface area (Å²) in [6.07, 6.45) is 0. The Morgan fingerprint density at radius 3 is 2.81 bits per heavy atom. The van der Waals surface area contributed by atoms with Gasteiger partial charge in [0.05, 0.1) is 10.5 Å². The van der Waals surface area contributed by atoms with Gasteiger partial charge in [-0.15, -0.1) is 0 Å². The lowest BCUT2D eigenvalue weighted by atomic mass is 10.1. The number of hydrogen-bond acceptors (Lipinski definition) is 5. The molecule has 1 aliphatic rings. The number of nitro groups is 1. The smallest absolute Gasteiger partial charge is 0.327 e. The van der Waals surface area contributed by atoms with Crippen LogP contribution in [-0.4, -0.2) is 50.9 Å². The molecule has 1 aromatic carbocycles. The van der Waals surface area contributed by atoms with E-state index in [1.54, 1.807) is 0 Å². The molecule has 1 amide bonds. The molecule has 0 aliphatic carbocycles. The van der Waals surface area contributed by atoms with E-state index in [0.29, 0.717) is 5.75 Å². The average molecular weight is 331 g/mol. The third-order valence-corrected chi connectivity index (χ3v) is 4.50. The molecule has 1 fully saturated rings. The number of benzene rings is 1. The van der Waals surface area contributed by atoms with Crippen LogP contribution in [0, 0.1) is 10.1 Å². The summed E-state index contributed by atoms with van der Waals surface area (Å²) in [5.74, 6) is -0.802. The zero-order valence-electron chi connectivity index (χ0n) is 10.7. The van der Waals surface area contributed by atoms with Crippen molar-refractivity contribution in [1.82, 2.24) is 4.90 Å². The SMILES string of the molecule is O=C(O)C1CSCCN1C(=O)c1cccc([N+](=O)[O-])c1Cl. The van der Waals surface area contributed by atoms with Crippen LogP contribution in [0.1, 0.15) is 10.4 Å². The second-order valence-corrected chi connectivity index (χ2v) is 5.85. The van der Waals surface area contributed by atoms with Crippen molar-refractivity contribution in [3.63, 3.8) is 0 Å². The molecule has 7 nitrogen and oxygen atoms in total. The van der Waals surface area contributed by atoms with Crippen molar-refractivity contribution in [1.29, 1.82) is 0 Å². The van der Waals surface area contributed by atoms with E-state index < -0.39 is 22.8 Å². The summed E-state index contributed by atoms with van der Waals surface area (Å²) >= 11 is 7.35. The number of carbonyl (C=O) groups is 2. The number of rotatable bonds is 3. The minimum absolute atomic E-state index is 0.0518. The summed E-state index contributed by atoms with van der Waals surface area (Å²) < 4.78 is 0. The highest BCUT2D eigenvalue weighted by atomic mass is 35.5. The van der Waals surface area contributed by atoms with Crippen LogP contribution in [0.4, 0.5) is 5.69 Å². The monoisotopic (exact) mass is 330 g/mol. The van der Waals surface area contributed by atoms with Crippen LogP contribution < -0.4 is 0 Å². The summed E-state index contributed by atoms with van der Waals surface area (Å²) in [6, 6.07) is 2.95. The molecular weight excluding hydrogens is 320 g/mol. The highest BCUT2D eigenvalue weighted by molar-refractivity contribution is 7.99. The molecule has 1 aliphatic heterocycles. The van der Waals surface area contributed by atoms with Crippen molar-refractivity contribution in [3.8, 4) is 0 Å². The first-order valence-corrected chi connectivity index (χ1v) is 7.51. The molecule has 1 aromatic rings. The predicted molar refractivity (Wildman–Crippen MR) is 77.9 cm³/mol. The van der Waals surface area contributed by atoms with Crippen molar-refractivity contribution in [2.45, 2.75) is 6.04 Å². The van der Waals surface area contributed by atoms with Gasteiger partial charge in [0, 0.05) is 24.1 Å². The predicted octanol–water partition coefficient (Wildman–Crippen LogP) is 1.89. The molecule has 0 saturated carbocycles. The maximum Gasteiger partial charge on any atom is 0.327 e. The quantitative estimate of drug-likeness (QED) is 0.671. The van der Waals surface area contributed by atoms with Gasteiger partial charge in [-0.05, 0) is 6.07 Å². The number of carbonyl (C=O) groups excluding carboxylic acids is 1. The third-order valence-electron chi connectivity index (χ3n) is 3.08. The second kappa shape index (κ2) is 6.31. The van der Waals surface area contributed by atoms with E-state index in [1.165, 1.54) is 34.9 Å². The fraction of sp³-hybridized carbons (Fsp3) is 0.333. The largest absolute Gasteiger partial charge is 0.480 e. The van der Waals surface area contributed by atoms with Crippen LogP contribution >= 0.6 is 23.4 Å². The van der Waals surface area contributed by atoms with Gasteiger partial charge in [-0.25, -0.2) is 4.79 Å². The van der Waals surface area contributed by atoms with Crippen LogP contribution in [0.15, 0.2) is 18.2 Å². The maximum atomic E-state index is 12.5. The summed E-state index contributed by atoms with van der Waals surface area (Å²) in [4.78, 5) is 35.0. The number of nitrogens with zero attached hydrogens (tertiary/aromatic N) is 2. The molecule has 0 bridgehead atoms. The average Bonchev–Trinajstić information content (AvgIpc) is 2.46. The van der Waals surface area contributed by atoms with E-state index in [9.17, 15) is 19.7 Å². The zero-order valence-corrected chi connectivity index (χ0v) is 12.3. The molecule has 2 rings (SSSR count). The summed E-state index contributed by atoms with van der Waals surface area (Å²) in [6.45, 7) is 0.263. The number of hydrogen-bond donors (Lipinski definition) is 1. The standard InChI is InChI=1S/C12H11ClN2O5S/c13-10-7(2-1-3-8(10)15(19)20)11(16)14-4-5-21-6-9(14)12(17)18/h1-3,9H,4-6H2,(H,17,18). The molecule has 21 heavy (non-hydrogen) atoms. The summed E-state index contributed by atoms with van der Waals surface area (Å²) in [5.41, 5.74) is -0.426. The number of amides is 1. The second-order valence-electron chi connectivity index (χ2n) is 4.32. The Morgan fingerprint density at radius 1 is 1.48 bits per heavy atom. The molecular formula is C12H11ClN2O5S. The third kappa shape index (κ3) is 3.11. The van der Waals surface area contributed by atoms with Crippen LogP contribution in [0.25, 0.3) is 0 Å². The van der Waals surface area contributed by atoms with Gasteiger partial charge in [-0.3, -0.25) is 14.9 Å². The van der Waals surface area contributed by atoms with Gasteiger partial charge < -0.3 is 10.0 Å². The van der Waals surface area contributed by atoms with Gasteiger partial charge in [0.15, 0.2) is 0 Å². The van der Waals surface area contributed by atoms with Crippen molar-refractivity contribution >= 4 is 40.9 Å². The molecule has 1 N–H and O–H groups in total. The highest BCUT2D eigenvalue weighted by Gasteiger charge is 2.34. The van der Waals surface area contributed by atoms with Gasteiger partial charge in [-0.2, -0.15) is 11.8 Å². The lowest BCUT2D eigenvalue weighted by molar-refractivity contribution is -0.384. The van der Waals surface area contributed by atoms with Crippen LogP contribution in [-0.2, 0) is 4.79 Å². The molecule has 112 valence electrons. The van der Waals surface area contributed by atoms with E-state index in [4.69, 9.17) is 16.7 Å². The first-order chi connectivity index (χ1) is 9.93. The number of aliphatic carboxylic acids is 1. The number of carboxylic acid groups (broad SMARTS) is 1. The van der Waals surface area contributed by atoms with Crippen molar-refractivity contribution < 1.29 is 19.6 Å². The van der Waals surface area contributed by atoms with E-state index in [1.807, 2.05) is 0 Å². The maximum absolute atomic E-state index is 12.5. The Hall–Kier alpha value is -1.80. The van der Waals surface area contributed by atoms with E-state index in [0.717, 1.165) is 0 Å².